The van der Waals surface area contributed by atoms with Crippen molar-refractivity contribution in [3.63, 3.8) is 0 Å². The summed E-state index contributed by atoms with van der Waals surface area (Å²) in [5, 5.41) is 15.2. The summed E-state index contributed by atoms with van der Waals surface area (Å²) in [5.41, 5.74) is 8.47. The molecule has 7 rings (SSSR count). The third-order valence-corrected chi connectivity index (χ3v) is 10.2. The number of likely N-dealkylation sites (tertiary alicyclic amines) is 1. The molecular weight excluding hydrogens is 581 g/mol. The molecule has 0 radical (unpaired) electrons. The second-order valence-corrected chi connectivity index (χ2v) is 12.5. The summed E-state index contributed by atoms with van der Waals surface area (Å²) in [6, 6.07) is 2.62. The second kappa shape index (κ2) is 10.8. The number of rotatable bonds is 6. The minimum Gasteiger partial charge on any atom is -0.377 e. The number of nitrogens with one attached hydrogen (secondary N) is 1. The largest absolute Gasteiger partial charge is 0.377 e. The van der Waals surface area contributed by atoms with Gasteiger partial charge in [-0.3, -0.25) is 19.2 Å². The first-order valence-corrected chi connectivity index (χ1v) is 15.7. The van der Waals surface area contributed by atoms with E-state index in [-0.39, 0.29) is 67.9 Å². The van der Waals surface area contributed by atoms with Gasteiger partial charge in [-0.05, 0) is 68.2 Å². The van der Waals surface area contributed by atoms with Crippen molar-refractivity contribution in [1.82, 2.24) is 19.8 Å². The zero-order valence-electron chi connectivity index (χ0n) is 25.4. The fourth-order valence-corrected chi connectivity index (χ4v) is 7.80. The number of carbonyl (C=O) groups is 3. The predicted molar refractivity (Wildman–Crippen MR) is 162 cm³/mol. The van der Waals surface area contributed by atoms with Crippen molar-refractivity contribution in [2.75, 3.05) is 19.7 Å². The SMILES string of the molecule is CC[C@@]1(O)C(=O)CCc2c1cc1n(c2=O)Cc2c-1nc1cc(F)c(C)c3c1c2[C@@H](NC(=O)COC1CCCN1C(=O)CN)CC3. The Morgan fingerprint density at radius 2 is 1.98 bits per heavy atom. The number of ether oxygens (including phenoxy) is 1. The first-order valence-electron chi connectivity index (χ1n) is 15.7. The molecule has 4 N–H and O–H groups in total. The number of aromatic nitrogens is 2. The molecule has 1 aromatic carbocycles. The lowest BCUT2D eigenvalue weighted by atomic mass is 9.77. The Labute approximate surface area is 258 Å². The van der Waals surface area contributed by atoms with Crippen LogP contribution in [-0.4, -0.2) is 63.1 Å². The van der Waals surface area contributed by atoms with Crippen LogP contribution in [-0.2, 0) is 44.1 Å². The summed E-state index contributed by atoms with van der Waals surface area (Å²) in [5.74, 6) is -1.28. The molecule has 0 bridgehead atoms. The molecule has 2 aliphatic carbocycles. The van der Waals surface area contributed by atoms with Gasteiger partial charge in [0.15, 0.2) is 5.78 Å². The minimum absolute atomic E-state index is 0.0867. The molecule has 236 valence electrons. The van der Waals surface area contributed by atoms with E-state index < -0.39 is 17.9 Å². The zero-order chi connectivity index (χ0) is 31.8. The first-order chi connectivity index (χ1) is 21.6. The summed E-state index contributed by atoms with van der Waals surface area (Å²) in [4.78, 5) is 58.6. The Morgan fingerprint density at radius 1 is 1.18 bits per heavy atom. The molecule has 12 heteroatoms. The standard InChI is InChI=1S/C33H36FN5O6/c1-3-33(44)20-11-24-31-19(14-39(24)32(43)18(20)7-9-25(33)40)30-22(8-6-17-16(2)21(34)12-23(37-31)29(17)30)36-26(41)15-45-28-5-4-10-38(28)27(42)13-35/h11-12,22,28,44H,3-10,13-15,35H2,1-2H3,(H,36,41)/t22-,28?,33-/m0/s1. The van der Waals surface area contributed by atoms with E-state index in [2.05, 4.69) is 5.32 Å². The molecular formula is C33H36FN5O6. The van der Waals surface area contributed by atoms with Crippen LogP contribution in [0.2, 0.25) is 0 Å². The van der Waals surface area contributed by atoms with Gasteiger partial charge in [0.2, 0.25) is 11.8 Å². The Morgan fingerprint density at radius 3 is 2.73 bits per heavy atom. The topological polar surface area (TPSA) is 157 Å². The molecule has 2 aromatic heterocycles. The van der Waals surface area contributed by atoms with Crippen LogP contribution in [0.15, 0.2) is 16.9 Å². The number of hydrogen-bond donors (Lipinski definition) is 3. The third-order valence-electron chi connectivity index (χ3n) is 10.2. The Kier molecular flexibility index (Phi) is 7.14. The maximum absolute atomic E-state index is 15.2. The van der Waals surface area contributed by atoms with E-state index >= 15 is 4.39 Å². The van der Waals surface area contributed by atoms with Gasteiger partial charge in [-0.2, -0.15) is 0 Å². The highest BCUT2D eigenvalue weighted by Gasteiger charge is 2.44. The van der Waals surface area contributed by atoms with E-state index in [1.54, 1.807) is 29.4 Å². The number of aryl methyl sites for hydroxylation is 1. The van der Waals surface area contributed by atoms with Crippen LogP contribution in [0.4, 0.5) is 4.39 Å². The summed E-state index contributed by atoms with van der Waals surface area (Å²) in [7, 11) is 0. The van der Waals surface area contributed by atoms with Crippen molar-refractivity contribution in [3.05, 3.63) is 61.7 Å². The van der Waals surface area contributed by atoms with E-state index in [4.69, 9.17) is 15.5 Å². The number of hydrogen-bond acceptors (Lipinski definition) is 8. The molecule has 3 aromatic rings. The van der Waals surface area contributed by atoms with Crippen molar-refractivity contribution in [2.45, 2.75) is 83.2 Å². The van der Waals surface area contributed by atoms with Gasteiger partial charge in [-0.25, -0.2) is 9.37 Å². The number of ketones is 1. The van der Waals surface area contributed by atoms with Gasteiger partial charge >= 0.3 is 0 Å². The maximum Gasteiger partial charge on any atom is 0.254 e. The average molecular weight is 618 g/mol. The number of carbonyl (C=O) groups excluding carboxylic acids is 3. The van der Waals surface area contributed by atoms with Gasteiger partial charge in [0, 0.05) is 41.1 Å². The Hall–Kier alpha value is -4.00. The summed E-state index contributed by atoms with van der Waals surface area (Å²) in [6.45, 7) is 3.80. The van der Waals surface area contributed by atoms with Crippen molar-refractivity contribution >= 4 is 28.5 Å². The van der Waals surface area contributed by atoms with Crippen LogP contribution in [0.1, 0.15) is 78.5 Å². The lowest BCUT2D eigenvalue weighted by Gasteiger charge is -2.32. The van der Waals surface area contributed by atoms with Crippen molar-refractivity contribution in [3.8, 4) is 11.4 Å². The zero-order valence-corrected chi connectivity index (χ0v) is 25.4. The molecule has 1 saturated heterocycles. The van der Waals surface area contributed by atoms with Crippen molar-refractivity contribution in [1.29, 1.82) is 0 Å². The quantitative estimate of drug-likeness (QED) is 0.297. The van der Waals surface area contributed by atoms with Gasteiger partial charge in [0.05, 0.1) is 36.0 Å². The normalized spacial score (nSPS) is 23.2. The van der Waals surface area contributed by atoms with Crippen LogP contribution in [0, 0.1) is 12.7 Å². The van der Waals surface area contributed by atoms with Crippen molar-refractivity contribution in [2.24, 2.45) is 5.73 Å². The number of nitrogens with two attached hydrogens (primary N) is 1. The van der Waals surface area contributed by atoms with E-state index in [9.17, 15) is 24.3 Å². The lowest BCUT2D eigenvalue weighted by Crippen LogP contribution is -2.43. The van der Waals surface area contributed by atoms with Crippen LogP contribution in [0.3, 0.4) is 0 Å². The molecule has 1 fully saturated rings. The molecule has 0 saturated carbocycles. The number of nitrogens with zero attached hydrogens (tertiary/aromatic N) is 3. The molecule has 4 aliphatic rings. The van der Waals surface area contributed by atoms with Crippen LogP contribution < -0.4 is 16.6 Å². The summed E-state index contributed by atoms with van der Waals surface area (Å²) >= 11 is 0. The molecule has 4 heterocycles. The van der Waals surface area contributed by atoms with E-state index in [1.807, 2.05) is 0 Å². The van der Waals surface area contributed by atoms with Gasteiger partial charge in [0.25, 0.3) is 5.56 Å². The minimum atomic E-state index is -1.76. The number of aliphatic hydroxyl groups is 1. The van der Waals surface area contributed by atoms with E-state index in [1.165, 1.54) is 6.07 Å². The molecule has 2 amide bonds. The van der Waals surface area contributed by atoms with Gasteiger partial charge in [-0.1, -0.05) is 6.92 Å². The number of fused-ring (bicyclic) bond motifs is 5. The lowest BCUT2D eigenvalue weighted by molar-refractivity contribution is -0.145. The molecule has 3 atom stereocenters. The third kappa shape index (κ3) is 4.44. The molecule has 2 aliphatic heterocycles. The highest BCUT2D eigenvalue weighted by Crippen LogP contribution is 2.46. The first kappa shape index (κ1) is 29.7. The monoisotopic (exact) mass is 617 g/mol. The summed E-state index contributed by atoms with van der Waals surface area (Å²) in [6.07, 6.45) is 2.36. The summed E-state index contributed by atoms with van der Waals surface area (Å²) < 4.78 is 22.6. The number of Topliss-reactive ketones (excluding diaryl/α,β-unsaturated/α-hetero) is 1. The fraction of sp³-hybridized carbons (Fsp3) is 0.485. The highest BCUT2D eigenvalue weighted by atomic mass is 19.1. The number of pyridine rings is 2. The van der Waals surface area contributed by atoms with Crippen molar-refractivity contribution < 1.29 is 28.6 Å². The Balaban J connectivity index is 1.29. The molecule has 11 nitrogen and oxygen atoms in total. The van der Waals surface area contributed by atoms with Crippen LogP contribution in [0.25, 0.3) is 22.3 Å². The number of amides is 2. The molecule has 0 spiro atoms. The van der Waals surface area contributed by atoms with E-state index in [0.29, 0.717) is 59.4 Å². The number of halogens is 1. The van der Waals surface area contributed by atoms with Crippen LogP contribution >= 0.6 is 0 Å². The Bertz CT molecular complexity index is 1870. The fourth-order valence-electron chi connectivity index (χ4n) is 7.80. The predicted octanol–water partition coefficient (Wildman–Crippen LogP) is 2.01. The second-order valence-electron chi connectivity index (χ2n) is 12.5. The maximum atomic E-state index is 15.2. The average Bonchev–Trinajstić information content (AvgIpc) is 3.66. The smallest absolute Gasteiger partial charge is 0.254 e. The number of benzene rings is 1. The highest BCUT2D eigenvalue weighted by molar-refractivity contribution is 5.94. The van der Waals surface area contributed by atoms with Crippen LogP contribution in [0.5, 0.6) is 0 Å². The van der Waals surface area contributed by atoms with E-state index in [0.717, 1.165) is 28.5 Å². The molecule has 1 unspecified atom stereocenters. The van der Waals surface area contributed by atoms with Gasteiger partial charge < -0.3 is 30.4 Å². The molecule has 45 heavy (non-hydrogen) atoms. The van der Waals surface area contributed by atoms with Gasteiger partial charge in [0.1, 0.15) is 24.3 Å². The van der Waals surface area contributed by atoms with Gasteiger partial charge in [-0.15, -0.1) is 0 Å².